The second kappa shape index (κ2) is 11.3. The van der Waals surface area contributed by atoms with Gasteiger partial charge >= 0.3 is 0 Å². The summed E-state index contributed by atoms with van der Waals surface area (Å²) in [6, 6.07) is 56.8. The number of furan rings is 1. The largest absolute Gasteiger partial charge is 0.456 e. The number of hydrogen-bond donors (Lipinski definition) is 1. The van der Waals surface area contributed by atoms with Gasteiger partial charge in [0.05, 0.1) is 0 Å². The minimum Gasteiger partial charge on any atom is -0.456 e. The van der Waals surface area contributed by atoms with Gasteiger partial charge in [0.25, 0.3) is 0 Å². The van der Waals surface area contributed by atoms with E-state index in [1.165, 1.54) is 16.3 Å². The molecule has 2 heterocycles. The molecule has 0 saturated heterocycles. The summed E-state index contributed by atoms with van der Waals surface area (Å²) < 4.78 is 6.79. The minimum absolute atomic E-state index is 0.501. The third-order valence-electron chi connectivity index (χ3n) is 8.95. The van der Waals surface area contributed by atoms with Gasteiger partial charge in [-0.1, -0.05) is 158 Å². The van der Waals surface area contributed by atoms with Crippen molar-refractivity contribution in [3.8, 4) is 22.3 Å². The van der Waals surface area contributed by atoms with Crippen LogP contribution in [0.1, 0.15) is 22.9 Å². The van der Waals surface area contributed by atoms with Gasteiger partial charge in [0.1, 0.15) is 22.8 Å². The zero-order valence-electron chi connectivity index (χ0n) is 25.5. The Kier molecular flexibility index (Phi) is 6.50. The number of rotatable bonds is 5. The Morgan fingerprint density at radius 2 is 0.957 bits per heavy atom. The zero-order valence-corrected chi connectivity index (χ0v) is 25.5. The van der Waals surface area contributed by atoms with Crippen molar-refractivity contribution in [2.45, 2.75) is 6.17 Å². The van der Waals surface area contributed by atoms with Gasteiger partial charge < -0.3 is 9.73 Å². The molecule has 222 valence electrons. The van der Waals surface area contributed by atoms with Crippen molar-refractivity contribution in [3.63, 3.8) is 0 Å². The molecular formula is C43H29N3O. The normalized spacial score (nSPS) is 14.6. The molecule has 7 aromatic carbocycles. The SMILES string of the molecule is c1ccc(C2=NC(c3cccc4c3oc3cc(-c5ccccc5)c5ccccc5c34)N=C(c3ccc(-c4ccccc4)cc3)N2)cc1. The van der Waals surface area contributed by atoms with Crippen LogP contribution in [0.25, 0.3) is 55.0 Å². The van der Waals surface area contributed by atoms with E-state index in [0.717, 1.165) is 67.0 Å². The topological polar surface area (TPSA) is 49.9 Å². The zero-order chi connectivity index (χ0) is 31.2. The molecule has 0 spiro atoms. The van der Waals surface area contributed by atoms with Crippen molar-refractivity contribution in [1.82, 2.24) is 5.32 Å². The maximum atomic E-state index is 6.79. The standard InChI is InChI=1S/C43H29N3O/c1-4-13-28(14-5-1)29-23-25-32(26-24-29)42-44-41(31-17-8-3-9-18-31)45-43(46-42)36-22-12-21-35-39-34-20-11-10-19-33(34)37(27-38(39)47-40(35)36)30-15-6-2-7-16-30/h1-27,43H,(H,44,45,46). The van der Waals surface area contributed by atoms with Crippen LogP contribution in [0, 0.1) is 0 Å². The quantitative estimate of drug-likeness (QED) is 0.213. The van der Waals surface area contributed by atoms with Gasteiger partial charge in [0.15, 0.2) is 6.17 Å². The fraction of sp³-hybridized carbons (Fsp3) is 0.0233. The summed E-state index contributed by atoms with van der Waals surface area (Å²) in [5.74, 6) is 1.55. The lowest BCUT2D eigenvalue weighted by atomic mass is 9.94. The number of fused-ring (bicyclic) bond motifs is 5. The Bertz CT molecular complexity index is 2460. The first-order valence-corrected chi connectivity index (χ1v) is 15.9. The Morgan fingerprint density at radius 3 is 1.64 bits per heavy atom. The number of hydrogen-bond acceptors (Lipinski definition) is 4. The van der Waals surface area contributed by atoms with E-state index >= 15 is 0 Å². The number of benzene rings is 7. The average Bonchev–Trinajstić information content (AvgIpc) is 3.54. The average molecular weight is 604 g/mol. The van der Waals surface area contributed by atoms with E-state index in [9.17, 15) is 0 Å². The predicted octanol–water partition coefficient (Wildman–Crippen LogP) is 10.6. The van der Waals surface area contributed by atoms with Crippen LogP contribution < -0.4 is 5.32 Å². The summed E-state index contributed by atoms with van der Waals surface area (Å²) >= 11 is 0. The van der Waals surface area contributed by atoms with E-state index in [0.29, 0.717) is 0 Å². The fourth-order valence-corrected chi connectivity index (χ4v) is 6.67. The highest BCUT2D eigenvalue weighted by molar-refractivity contribution is 6.22. The van der Waals surface area contributed by atoms with Crippen molar-refractivity contribution < 1.29 is 4.42 Å². The summed E-state index contributed by atoms with van der Waals surface area (Å²) in [6.07, 6.45) is -0.501. The lowest BCUT2D eigenvalue weighted by Crippen LogP contribution is -2.36. The second-order valence-corrected chi connectivity index (χ2v) is 11.8. The molecule has 1 aliphatic rings. The maximum absolute atomic E-state index is 6.79. The van der Waals surface area contributed by atoms with Gasteiger partial charge in [-0.15, -0.1) is 0 Å². The molecule has 1 aromatic heterocycles. The predicted molar refractivity (Wildman–Crippen MR) is 194 cm³/mol. The first-order chi connectivity index (χ1) is 23.3. The van der Waals surface area contributed by atoms with E-state index in [4.69, 9.17) is 14.4 Å². The fourth-order valence-electron chi connectivity index (χ4n) is 6.67. The van der Waals surface area contributed by atoms with Crippen LogP contribution in [0.2, 0.25) is 0 Å². The molecule has 0 aliphatic carbocycles. The Labute approximate surface area is 272 Å². The summed E-state index contributed by atoms with van der Waals surface area (Å²) in [4.78, 5) is 10.4. The molecule has 8 aromatic rings. The molecule has 0 bridgehead atoms. The molecular weight excluding hydrogens is 574 g/mol. The van der Waals surface area contributed by atoms with E-state index in [-0.39, 0.29) is 0 Å². The molecule has 1 unspecified atom stereocenters. The van der Waals surface area contributed by atoms with Gasteiger partial charge in [0, 0.05) is 27.5 Å². The van der Waals surface area contributed by atoms with Crippen LogP contribution in [-0.2, 0) is 0 Å². The second-order valence-electron chi connectivity index (χ2n) is 11.8. The monoisotopic (exact) mass is 603 g/mol. The summed E-state index contributed by atoms with van der Waals surface area (Å²) in [5, 5.41) is 8.08. The van der Waals surface area contributed by atoms with Gasteiger partial charge in [-0.2, -0.15) is 0 Å². The van der Waals surface area contributed by atoms with E-state index in [2.05, 4.69) is 139 Å². The molecule has 0 fully saturated rings. The Morgan fingerprint density at radius 1 is 0.447 bits per heavy atom. The van der Waals surface area contributed by atoms with Gasteiger partial charge in [-0.25, -0.2) is 9.98 Å². The molecule has 0 radical (unpaired) electrons. The molecule has 1 aliphatic heterocycles. The third kappa shape index (κ3) is 4.79. The molecule has 1 atom stereocenters. The van der Waals surface area contributed by atoms with E-state index in [1.54, 1.807) is 0 Å². The number of para-hydroxylation sites is 1. The smallest absolute Gasteiger partial charge is 0.173 e. The highest BCUT2D eigenvalue weighted by atomic mass is 16.3. The van der Waals surface area contributed by atoms with Crippen LogP contribution >= 0.6 is 0 Å². The summed E-state index contributed by atoms with van der Waals surface area (Å²) in [5.41, 5.74) is 9.24. The van der Waals surface area contributed by atoms with Gasteiger partial charge in [-0.05, 0) is 39.1 Å². The summed E-state index contributed by atoms with van der Waals surface area (Å²) in [7, 11) is 0. The van der Waals surface area contributed by atoms with Crippen molar-refractivity contribution in [1.29, 1.82) is 0 Å². The Balaban J connectivity index is 1.22. The minimum atomic E-state index is -0.501. The van der Waals surface area contributed by atoms with Crippen molar-refractivity contribution >= 4 is 44.4 Å². The molecule has 0 amide bonds. The molecule has 4 heteroatoms. The molecule has 1 N–H and O–H groups in total. The third-order valence-corrected chi connectivity index (χ3v) is 8.95. The van der Waals surface area contributed by atoms with Crippen LogP contribution in [0.5, 0.6) is 0 Å². The molecule has 9 rings (SSSR count). The first kappa shape index (κ1) is 27.1. The first-order valence-electron chi connectivity index (χ1n) is 15.9. The van der Waals surface area contributed by atoms with Gasteiger partial charge in [-0.3, -0.25) is 0 Å². The van der Waals surface area contributed by atoms with E-state index in [1.807, 2.05) is 30.3 Å². The number of nitrogens with zero attached hydrogens (tertiary/aromatic N) is 2. The van der Waals surface area contributed by atoms with Crippen LogP contribution in [0.15, 0.2) is 178 Å². The molecule has 47 heavy (non-hydrogen) atoms. The number of nitrogens with one attached hydrogen (secondary N) is 1. The highest BCUT2D eigenvalue weighted by Gasteiger charge is 2.25. The van der Waals surface area contributed by atoms with Crippen molar-refractivity contribution in [2.24, 2.45) is 9.98 Å². The summed E-state index contributed by atoms with van der Waals surface area (Å²) in [6.45, 7) is 0. The van der Waals surface area contributed by atoms with Crippen molar-refractivity contribution in [2.75, 3.05) is 0 Å². The lowest BCUT2D eigenvalue weighted by Gasteiger charge is -2.22. The lowest BCUT2D eigenvalue weighted by molar-refractivity contribution is 0.649. The number of amidine groups is 2. The molecule has 0 saturated carbocycles. The Hall–Kier alpha value is -6.26. The van der Waals surface area contributed by atoms with Crippen LogP contribution in [0.4, 0.5) is 0 Å². The van der Waals surface area contributed by atoms with E-state index < -0.39 is 6.17 Å². The highest BCUT2D eigenvalue weighted by Crippen LogP contribution is 2.42. The molecule has 4 nitrogen and oxygen atoms in total. The maximum Gasteiger partial charge on any atom is 0.173 e. The number of aliphatic imine (C=N–C) groups is 2. The van der Waals surface area contributed by atoms with Crippen LogP contribution in [-0.4, -0.2) is 11.7 Å². The van der Waals surface area contributed by atoms with Crippen LogP contribution in [0.3, 0.4) is 0 Å². The van der Waals surface area contributed by atoms with Gasteiger partial charge in [0.2, 0.25) is 0 Å². The van der Waals surface area contributed by atoms with Crippen molar-refractivity contribution in [3.05, 3.63) is 180 Å².